The molecule has 0 fully saturated rings. The van der Waals surface area contributed by atoms with Crippen LogP contribution in [0.3, 0.4) is 0 Å². The number of rotatable bonds is 5. The van der Waals surface area contributed by atoms with Crippen molar-refractivity contribution in [3.05, 3.63) is 87.5 Å². The third kappa shape index (κ3) is 4.18. The minimum Gasteiger partial charge on any atom is -0.365 e. The molecule has 4 aromatic rings. The maximum atomic E-state index is 12.5. The molecule has 6 nitrogen and oxygen atoms in total. The molecular formula is C21H17Cl2N5O. The van der Waals surface area contributed by atoms with E-state index in [9.17, 15) is 4.79 Å². The molecule has 2 aromatic carbocycles. The second kappa shape index (κ2) is 8.11. The number of anilines is 2. The molecule has 146 valence electrons. The SMILES string of the molecule is Cc1nc2ccc(NCc3ccc(Cl)c(Cl)c3)nn2c1NC(=O)c1ccccc1. The van der Waals surface area contributed by atoms with Gasteiger partial charge in [0.15, 0.2) is 11.5 Å². The molecule has 0 atom stereocenters. The molecule has 0 unspecified atom stereocenters. The van der Waals surface area contributed by atoms with E-state index in [1.807, 2.05) is 49.4 Å². The van der Waals surface area contributed by atoms with Gasteiger partial charge in [-0.3, -0.25) is 4.79 Å². The van der Waals surface area contributed by atoms with Crippen LogP contribution in [0, 0.1) is 6.92 Å². The molecule has 0 radical (unpaired) electrons. The fraction of sp³-hybridized carbons (Fsp3) is 0.0952. The monoisotopic (exact) mass is 425 g/mol. The van der Waals surface area contributed by atoms with Gasteiger partial charge in [-0.25, -0.2) is 4.98 Å². The van der Waals surface area contributed by atoms with Gasteiger partial charge < -0.3 is 10.6 Å². The van der Waals surface area contributed by atoms with Crippen LogP contribution in [0.4, 0.5) is 11.6 Å². The minimum atomic E-state index is -0.216. The van der Waals surface area contributed by atoms with Gasteiger partial charge in [-0.15, -0.1) is 5.10 Å². The molecular weight excluding hydrogens is 409 g/mol. The second-order valence-corrected chi connectivity index (χ2v) is 7.27. The van der Waals surface area contributed by atoms with Crippen LogP contribution in [-0.4, -0.2) is 20.5 Å². The van der Waals surface area contributed by atoms with E-state index in [0.29, 0.717) is 45.1 Å². The van der Waals surface area contributed by atoms with Crippen molar-refractivity contribution in [2.75, 3.05) is 10.6 Å². The lowest BCUT2D eigenvalue weighted by atomic mass is 10.2. The van der Waals surface area contributed by atoms with Crippen LogP contribution >= 0.6 is 23.2 Å². The molecule has 0 aliphatic carbocycles. The molecule has 0 aliphatic rings. The first-order valence-electron chi connectivity index (χ1n) is 8.92. The van der Waals surface area contributed by atoms with Crippen LogP contribution in [0.2, 0.25) is 10.0 Å². The number of nitrogens with zero attached hydrogens (tertiary/aromatic N) is 3. The maximum absolute atomic E-state index is 12.5. The van der Waals surface area contributed by atoms with Gasteiger partial charge in [0.25, 0.3) is 5.91 Å². The van der Waals surface area contributed by atoms with E-state index in [2.05, 4.69) is 20.7 Å². The average molecular weight is 426 g/mol. The lowest BCUT2D eigenvalue weighted by Gasteiger charge is -2.09. The zero-order chi connectivity index (χ0) is 20.4. The number of amides is 1. The zero-order valence-corrected chi connectivity index (χ0v) is 17.0. The third-order valence-electron chi connectivity index (χ3n) is 4.38. The van der Waals surface area contributed by atoms with Gasteiger partial charge in [-0.1, -0.05) is 47.5 Å². The summed E-state index contributed by atoms with van der Waals surface area (Å²) in [6, 6.07) is 18.2. The molecule has 0 saturated carbocycles. The number of carbonyl (C=O) groups excluding carboxylic acids is 1. The summed E-state index contributed by atoms with van der Waals surface area (Å²) in [5.74, 6) is 0.953. The highest BCUT2D eigenvalue weighted by molar-refractivity contribution is 6.42. The first-order valence-corrected chi connectivity index (χ1v) is 9.67. The summed E-state index contributed by atoms with van der Waals surface area (Å²) in [4.78, 5) is 17.0. The smallest absolute Gasteiger partial charge is 0.256 e. The highest BCUT2D eigenvalue weighted by atomic mass is 35.5. The van der Waals surface area contributed by atoms with Crippen LogP contribution in [0.5, 0.6) is 0 Å². The van der Waals surface area contributed by atoms with Gasteiger partial charge in [-0.2, -0.15) is 4.52 Å². The number of hydrogen-bond acceptors (Lipinski definition) is 4. The fourth-order valence-corrected chi connectivity index (χ4v) is 3.21. The van der Waals surface area contributed by atoms with Crippen molar-refractivity contribution in [2.24, 2.45) is 0 Å². The quantitative estimate of drug-likeness (QED) is 0.460. The molecule has 29 heavy (non-hydrogen) atoms. The highest BCUT2D eigenvalue weighted by Crippen LogP contribution is 2.23. The van der Waals surface area contributed by atoms with E-state index in [0.717, 1.165) is 5.56 Å². The Morgan fingerprint density at radius 3 is 2.59 bits per heavy atom. The molecule has 0 saturated heterocycles. The van der Waals surface area contributed by atoms with Crippen LogP contribution in [-0.2, 0) is 6.54 Å². The number of fused-ring (bicyclic) bond motifs is 1. The van der Waals surface area contributed by atoms with Crippen molar-refractivity contribution >= 4 is 46.4 Å². The number of aryl methyl sites for hydroxylation is 1. The van der Waals surface area contributed by atoms with Gasteiger partial charge >= 0.3 is 0 Å². The second-order valence-electron chi connectivity index (χ2n) is 6.46. The number of halogens is 2. The van der Waals surface area contributed by atoms with E-state index in [-0.39, 0.29) is 5.91 Å². The van der Waals surface area contributed by atoms with Crippen LogP contribution < -0.4 is 10.6 Å². The predicted molar refractivity (Wildman–Crippen MR) is 116 cm³/mol. The summed E-state index contributed by atoms with van der Waals surface area (Å²) >= 11 is 12.0. The summed E-state index contributed by atoms with van der Waals surface area (Å²) < 4.78 is 1.62. The molecule has 1 amide bonds. The maximum Gasteiger partial charge on any atom is 0.256 e. The van der Waals surface area contributed by atoms with Crippen LogP contribution in [0.25, 0.3) is 5.65 Å². The van der Waals surface area contributed by atoms with E-state index >= 15 is 0 Å². The average Bonchev–Trinajstić information content (AvgIpc) is 3.04. The van der Waals surface area contributed by atoms with E-state index in [4.69, 9.17) is 23.2 Å². The van der Waals surface area contributed by atoms with Crippen molar-refractivity contribution < 1.29 is 4.79 Å². The van der Waals surface area contributed by atoms with Crippen LogP contribution in [0.1, 0.15) is 21.6 Å². The Kier molecular flexibility index (Phi) is 5.38. The molecule has 2 N–H and O–H groups in total. The number of hydrogen-bond donors (Lipinski definition) is 2. The highest BCUT2D eigenvalue weighted by Gasteiger charge is 2.14. The van der Waals surface area contributed by atoms with Gasteiger partial charge in [0.05, 0.1) is 15.7 Å². The molecule has 0 bridgehead atoms. The van der Waals surface area contributed by atoms with Gasteiger partial charge in [0.1, 0.15) is 5.82 Å². The minimum absolute atomic E-state index is 0.216. The lowest BCUT2D eigenvalue weighted by Crippen LogP contribution is -2.15. The van der Waals surface area contributed by atoms with Crippen LogP contribution in [0.15, 0.2) is 60.7 Å². The Balaban J connectivity index is 1.57. The summed E-state index contributed by atoms with van der Waals surface area (Å²) in [6.07, 6.45) is 0. The summed E-state index contributed by atoms with van der Waals surface area (Å²) in [5, 5.41) is 11.7. The fourth-order valence-electron chi connectivity index (χ4n) is 2.89. The van der Waals surface area contributed by atoms with E-state index in [1.165, 1.54) is 0 Å². The summed E-state index contributed by atoms with van der Waals surface area (Å²) in [5.41, 5.74) is 2.87. The van der Waals surface area contributed by atoms with E-state index < -0.39 is 0 Å². The Bertz CT molecular complexity index is 1190. The molecule has 2 aromatic heterocycles. The van der Waals surface area contributed by atoms with Crippen molar-refractivity contribution in [1.29, 1.82) is 0 Å². The normalized spacial score (nSPS) is 10.9. The molecule has 8 heteroatoms. The Morgan fingerprint density at radius 1 is 1.03 bits per heavy atom. The van der Waals surface area contributed by atoms with Gasteiger partial charge in [-0.05, 0) is 48.9 Å². The summed E-state index contributed by atoms with van der Waals surface area (Å²) in [7, 11) is 0. The Labute approximate surface area is 177 Å². The standard InChI is InChI=1S/C21H17Cl2N5O/c1-13-20(26-21(29)15-5-3-2-4-6-15)28-19(25-13)10-9-18(27-28)24-12-14-7-8-16(22)17(23)11-14/h2-11H,12H2,1H3,(H,24,27)(H,26,29). The lowest BCUT2D eigenvalue weighted by molar-refractivity contribution is 0.102. The zero-order valence-electron chi connectivity index (χ0n) is 15.5. The van der Waals surface area contributed by atoms with Crippen molar-refractivity contribution in [1.82, 2.24) is 14.6 Å². The van der Waals surface area contributed by atoms with E-state index in [1.54, 1.807) is 22.7 Å². The molecule has 0 spiro atoms. The Morgan fingerprint density at radius 2 is 1.83 bits per heavy atom. The predicted octanol–water partition coefficient (Wildman–Crippen LogP) is 5.21. The number of nitrogens with one attached hydrogen (secondary N) is 2. The molecule has 0 aliphatic heterocycles. The number of imidazole rings is 1. The largest absolute Gasteiger partial charge is 0.365 e. The first-order chi connectivity index (χ1) is 14.0. The van der Waals surface area contributed by atoms with Gasteiger partial charge in [0, 0.05) is 12.1 Å². The van der Waals surface area contributed by atoms with Crippen molar-refractivity contribution in [3.63, 3.8) is 0 Å². The Hall–Kier alpha value is -3.09. The summed E-state index contributed by atoms with van der Waals surface area (Å²) in [6.45, 7) is 2.35. The number of carbonyl (C=O) groups is 1. The topological polar surface area (TPSA) is 71.3 Å². The van der Waals surface area contributed by atoms with Gasteiger partial charge in [0.2, 0.25) is 0 Å². The number of aromatic nitrogens is 3. The third-order valence-corrected chi connectivity index (χ3v) is 5.12. The first kappa shape index (κ1) is 19.2. The molecule has 4 rings (SSSR count). The number of benzene rings is 2. The van der Waals surface area contributed by atoms with Crippen molar-refractivity contribution in [3.8, 4) is 0 Å². The molecule has 2 heterocycles. The van der Waals surface area contributed by atoms with Crippen molar-refractivity contribution in [2.45, 2.75) is 13.5 Å².